The molecular weight excluding hydrogens is 204 g/mol. The van der Waals surface area contributed by atoms with Gasteiger partial charge in [0, 0.05) is 11.3 Å². The summed E-state index contributed by atoms with van der Waals surface area (Å²) in [5.41, 5.74) is 0.849. The van der Waals surface area contributed by atoms with Gasteiger partial charge in [-0.15, -0.1) is 11.3 Å². The predicted octanol–water partition coefficient (Wildman–Crippen LogP) is 3.36. The Morgan fingerprint density at radius 2 is 2.20 bits per heavy atom. The van der Waals surface area contributed by atoms with E-state index in [9.17, 15) is 5.26 Å². The van der Waals surface area contributed by atoms with Crippen LogP contribution in [0.3, 0.4) is 0 Å². The molecule has 0 saturated heterocycles. The standard InChI is InChI=1S/C12H14N2S/c13-8-12(5-2-6-12)10-7-15-11(14-10)9-3-1-4-9/h7,9H,1-6H2. The van der Waals surface area contributed by atoms with Crippen LogP contribution in [0.15, 0.2) is 5.38 Å². The second kappa shape index (κ2) is 3.31. The Labute approximate surface area is 94.0 Å². The summed E-state index contributed by atoms with van der Waals surface area (Å²) in [6.07, 6.45) is 7.15. The second-order valence-electron chi connectivity index (χ2n) is 4.75. The van der Waals surface area contributed by atoms with E-state index in [0.717, 1.165) is 18.5 Å². The van der Waals surface area contributed by atoms with Crippen LogP contribution in [0.5, 0.6) is 0 Å². The van der Waals surface area contributed by atoms with E-state index in [-0.39, 0.29) is 5.41 Å². The van der Waals surface area contributed by atoms with Crippen LogP contribution < -0.4 is 0 Å². The van der Waals surface area contributed by atoms with Crippen molar-refractivity contribution in [1.29, 1.82) is 5.26 Å². The van der Waals surface area contributed by atoms with Gasteiger partial charge in [-0.3, -0.25) is 0 Å². The first-order valence-electron chi connectivity index (χ1n) is 5.71. The molecule has 15 heavy (non-hydrogen) atoms. The topological polar surface area (TPSA) is 36.7 Å². The summed E-state index contributed by atoms with van der Waals surface area (Å²) in [6, 6.07) is 2.46. The molecule has 2 aliphatic carbocycles. The molecule has 0 radical (unpaired) electrons. The number of hydrogen-bond donors (Lipinski definition) is 0. The summed E-state index contributed by atoms with van der Waals surface area (Å²) < 4.78 is 0. The zero-order chi connectivity index (χ0) is 10.3. The summed E-state index contributed by atoms with van der Waals surface area (Å²) in [4.78, 5) is 4.69. The molecule has 0 N–H and O–H groups in total. The molecule has 2 nitrogen and oxygen atoms in total. The SMILES string of the molecule is N#CC1(c2csc(C3CCC3)n2)CCC1. The lowest BCUT2D eigenvalue weighted by Gasteiger charge is -2.33. The molecule has 78 valence electrons. The Bertz CT molecular complexity index is 408. The van der Waals surface area contributed by atoms with Gasteiger partial charge in [0.25, 0.3) is 0 Å². The van der Waals surface area contributed by atoms with Gasteiger partial charge in [0.2, 0.25) is 0 Å². The van der Waals surface area contributed by atoms with Gasteiger partial charge < -0.3 is 0 Å². The Morgan fingerprint density at radius 3 is 2.67 bits per heavy atom. The molecule has 0 aliphatic heterocycles. The van der Waals surface area contributed by atoms with Crippen molar-refractivity contribution in [3.05, 3.63) is 16.1 Å². The number of rotatable bonds is 2. The van der Waals surface area contributed by atoms with Gasteiger partial charge >= 0.3 is 0 Å². The fourth-order valence-corrected chi connectivity index (χ4v) is 3.40. The molecule has 0 atom stereocenters. The van der Waals surface area contributed by atoms with Crippen molar-refractivity contribution in [2.45, 2.75) is 49.9 Å². The average Bonchev–Trinajstić information content (AvgIpc) is 2.50. The van der Waals surface area contributed by atoms with Gasteiger partial charge in [0.1, 0.15) is 5.41 Å². The van der Waals surface area contributed by atoms with Crippen LogP contribution in [0.25, 0.3) is 0 Å². The Hall–Kier alpha value is -0.880. The molecule has 0 aromatic carbocycles. The van der Waals surface area contributed by atoms with Crippen LogP contribution in [0.2, 0.25) is 0 Å². The lowest BCUT2D eigenvalue weighted by atomic mass is 9.68. The van der Waals surface area contributed by atoms with Crippen LogP contribution in [-0.4, -0.2) is 4.98 Å². The van der Waals surface area contributed by atoms with E-state index in [0.29, 0.717) is 5.92 Å². The molecule has 3 rings (SSSR count). The van der Waals surface area contributed by atoms with E-state index in [1.165, 1.54) is 30.7 Å². The summed E-state index contributed by atoms with van der Waals surface area (Å²) in [5.74, 6) is 0.708. The molecule has 1 heterocycles. The van der Waals surface area contributed by atoms with Crippen LogP contribution in [0.1, 0.15) is 55.1 Å². The van der Waals surface area contributed by atoms with Crippen molar-refractivity contribution in [3.8, 4) is 6.07 Å². The van der Waals surface area contributed by atoms with E-state index in [1.54, 1.807) is 11.3 Å². The lowest BCUT2D eigenvalue weighted by molar-refractivity contribution is 0.315. The minimum absolute atomic E-state index is 0.210. The maximum Gasteiger partial charge on any atom is 0.100 e. The summed E-state index contributed by atoms with van der Waals surface area (Å²) in [7, 11) is 0. The zero-order valence-corrected chi connectivity index (χ0v) is 9.52. The Kier molecular flexibility index (Phi) is 2.07. The van der Waals surface area contributed by atoms with Gasteiger partial charge in [-0.2, -0.15) is 5.26 Å². The molecule has 0 amide bonds. The highest BCUT2D eigenvalue weighted by Crippen LogP contribution is 2.45. The second-order valence-corrected chi connectivity index (χ2v) is 5.64. The number of aromatic nitrogens is 1. The molecule has 2 saturated carbocycles. The largest absolute Gasteiger partial charge is 0.244 e. The average molecular weight is 218 g/mol. The van der Waals surface area contributed by atoms with Gasteiger partial charge in [-0.25, -0.2) is 4.98 Å². The monoisotopic (exact) mass is 218 g/mol. The molecular formula is C12H14N2S. The van der Waals surface area contributed by atoms with Gasteiger partial charge in [0.15, 0.2) is 0 Å². The molecule has 0 unspecified atom stereocenters. The quantitative estimate of drug-likeness (QED) is 0.763. The Morgan fingerprint density at radius 1 is 1.40 bits per heavy atom. The van der Waals surface area contributed by atoms with Crippen LogP contribution in [0.4, 0.5) is 0 Å². The first-order valence-corrected chi connectivity index (χ1v) is 6.59. The number of nitriles is 1. The van der Waals surface area contributed by atoms with E-state index < -0.39 is 0 Å². The van der Waals surface area contributed by atoms with Crippen LogP contribution in [0, 0.1) is 11.3 Å². The lowest BCUT2D eigenvalue weighted by Crippen LogP contribution is -2.32. The molecule has 3 heteroatoms. The first kappa shape index (κ1) is 9.35. The zero-order valence-electron chi connectivity index (χ0n) is 8.70. The number of hydrogen-bond acceptors (Lipinski definition) is 3. The highest BCUT2D eigenvalue weighted by Gasteiger charge is 2.41. The highest BCUT2D eigenvalue weighted by molar-refractivity contribution is 7.09. The van der Waals surface area contributed by atoms with Crippen molar-refractivity contribution >= 4 is 11.3 Å². The minimum atomic E-state index is -0.210. The van der Waals surface area contributed by atoms with E-state index in [2.05, 4.69) is 11.4 Å². The third kappa shape index (κ3) is 1.32. The van der Waals surface area contributed by atoms with Gasteiger partial charge in [-0.1, -0.05) is 6.42 Å². The van der Waals surface area contributed by atoms with Crippen molar-refractivity contribution in [2.24, 2.45) is 0 Å². The first-order chi connectivity index (χ1) is 7.34. The van der Waals surface area contributed by atoms with E-state index in [4.69, 9.17) is 4.98 Å². The fraction of sp³-hybridized carbons (Fsp3) is 0.667. The van der Waals surface area contributed by atoms with Crippen molar-refractivity contribution < 1.29 is 0 Å². The molecule has 0 spiro atoms. The van der Waals surface area contributed by atoms with Crippen molar-refractivity contribution in [3.63, 3.8) is 0 Å². The molecule has 2 aliphatic rings. The van der Waals surface area contributed by atoms with E-state index in [1.807, 2.05) is 0 Å². The summed E-state index contributed by atoms with van der Waals surface area (Å²) >= 11 is 1.76. The third-order valence-electron chi connectivity index (χ3n) is 3.89. The number of nitrogens with zero attached hydrogens (tertiary/aromatic N) is 2. The highest BCUT2D eigenvalue weighted by atomic mass is 32.1. The maximum absolute atomic E-state index is 9.22. The normalized spacial score (nSPS) is 23.9. The molecule has 1 aromatic rings. The fourth-order valence-electron chi connectivity index (χ4n) is 2.31. The van der Waals surface area contributed by atoms with Gasteiger partial charge in [-0.05, 0) is 32.1 Å². The van der Waals surface area contributed by atoms with Crippen LogP contribution >= 0.6 is 11.3 Å². The van der Waals surface area contributed by atoms with Gasteiger partial charge in [0.05, 0.1) is 16.8 Å². The Balaban J connectivity index is 1.86. The molecule has 0 bridgehead atoms. The van der Waals surface area contributed by atoms with Crippen LogP contribution in [-0.2, 0) is 5.41 Å². The van der Waals surface area contributed by atoms with Crippen molar-refractivity contribution in [1.82, 2.24) is 4.98 Å². The van der Waals surface area contributed by atoms with E-state index >= 15 is 0 Å². The minimum Gasteiger partial charge on any atom is -0.244 e. The summed E-state index contributed by atoms with van der Waals surface area (Å²) in [5, 5.41) is 12.6. The summed E-state index contributed by atoms with van der Waals surface area (Å²) in [6.45, 7) is 0. The predicted molar refractivity (Wildman–Crippen MR) is 59.8 cm³/mol. The molecule has 2 fully saturated rings. The maximum atomic E-state index is 9.22. The number of thiazole rings is 1. The van der Waals surface area contributed by atoms with Crippen molar-refractivity contribution in [2.75, 3.05) is 0 Å². The molecule has 1 aromatic heterocycles. The third-order valence-corrected chi connectivity index (χ3v) is 4.90. The smallest absolute Gasteiger partial charge is 0.100 e.